The average molecular weight is 254 g/mol. The Kier molecular flexibility index (Phi) is 4.85. The van der Waals surface area contributed by atoms with E-state index in [1.807, 2.05) is 13.8 Å². The number of aromatic nitrogens is 1. The third-order valence-electron chi connectivity index (χ3n) is 2.34. The molecule has 100 valence electrons. The molecule has 1 atom stereocenters. The van der Waals surface area contributed by atoms with Crippen molar-refractivity contribution in [1.29, 1.82) is 0 Å². The number of nitrogens with one attached hydrogen (secondary N) is 1. The lowest BCUT2D eigenvalue weighted by Crippen LogP contribution is -2.22. The largest absolute Gasteiger partial charge is 0.391 e. The monoisotopic (exact) mass is 254 g/mol. The number of pyridine rings is 1. The van der Waals surface area contributed by atoms with E-state index in [-0.39, 0.29) is 23.9 Å². The smallest absolute Gasteiger partial charge is 0.311 e. The quantitative estimate of drug-likeness (QED) is 0.522. The summed E-state index contributed by atoms with van der Waals surface area (Å²) < 4.78 is 0. The highest BCUT2D eigenvalue weighted by atomic mass is 16.6. The molecule has 1 heterocycles. The van der Waals surface area contributed by atoms with E-state index in [9.17, 15) is 15.2 Å². The highest BCUT2D eigenvalue weighted by Crippen LogP contribution is 2.22. The summed E-state index contributed by atoms with van der Waals surface area (Å²) in [5, 5.41) is 23.2. The summed E-state index contributed by atoms with van der Waals surface area (Å²) in [5.74, 6) is 0.634. The zero-order valence-electron chi connectivity index (χ0n) is 10.5. The Hall–Kier alpha value is -1.89. The van der Waals surface area contributed by atoms with Crippen LogP contribution in [0.3, 0.4) is 0 Å². The van der Waals surface area contributed by atoms with E-state index in [0.29, 0.717) is 12.3 Å². The summed E-state index contributed by atoms with van der Waals surface area (Å²) in [6, 6.07) is 2.66. The van der Waals surface area contributed by atoms with E-state index in [0.717, 1.165) is 0 Å². The molecule has 7 nitrogen and oxygen atoms in total. The minimum Gasteiger partial charge on any atom is -0.391 e. The molecule has 0 radical (unpaired) electrons. The van der Waals surface area contributed by atoms with Gasteiger partial charge in [0.2, 0.25) is 5.82 Å². The third-order valence-corrected chi connectivity index (χ3v) is 2.34. The van der Waals surface area contributed by atoms with E-state index in [2.05, 4.69) is 10.3 Å². The molecule has 0 aliphatic carbocycles. The molecule has 1 unspecified atom stereocenters. The van der Waals surface area contributed by atoms with Crippen molar-refractivity contribution in [2.45, 2.75) is 26.4 Å². The molecule has 0 bridgehead atoms. The summed E-state index contributed by atoms with van der Waals surface area (Å²) in [6.07, 6.45) is 0.0381. The fourth-order valence-electron chi connectivity index (χ4n) is 1.59. The van der Waals surface area contributed by atoms with Gasteiger partial charge in [0.25, 0.3) is 0 Å². The molecule has 0 aliphatic heterocycles. The summed E-state index contributed by atoms with van der Waals surface area (Å²) in [5.41, 5.74) is 5.33. The van der Waals surface area contributed by atoms with Crippen LogP contribution in [-0.4, -0.2) is 27.7 Å². The van der Waals surface area contributed by atoms with Crippen molar-refractivity contribution in [2.75, 3.05) is 17.6 Å². The number of rotatable bonds is 6. The lowest BCUT2D eigenvalue weighted by Gasteiger charge is -2.14. The summed E-state index contributed by atoms with van der Waals surface area (Å²) >= 11 is 0. The van der Waals surface area contributed by atoms with Gasteiger partial charge in [-0.05, 0) is 18.4 Å². The lowest BCUT2D eigenvalue weighted by atomic mass is 10.1. The number of hydrogen-bond donors (Lipinski definition) is 3. The number of anilines is 2. The molecule has 1 aromatic rings. The maximum absolute atomic E-state index is 10.8. The minimum atomic E-state index is -0.576. The fraction of sp³-hybridized carbons (Fsp3) is 0.545. The second-order valence-electron chi connectivity index (χ2n) is 4.53. The van der Waals surface area contributed by atoms with Gasteiger partial charge in [-0.25, -0.2) is 4.98 Å². The molecule has 0 saturated carbocycles. The van der Waals surface area contributed by atoms with Gasteiger partial charge in [0, 0.05) is 12.6 Å². The zero-order valence-corrected chi connectivity index (χ0v) is 10.5. The first kappa shape index (κ1) is 14.2. The highest BCUT2D eigenvalue weighted by Gasteiger charge is 2.16. The number of nitrogens with two attached hydrogens (primary N) is 1. The number of nitro groups is 1. The van der Waals surface area contributed by atoms with Gasteiger partial charge in [0.05, 0.1) is 11.0 Å². The van der Waals surface area contributed by atoms with Crippen LogP contribution in [0.1, 0.15) is 20.3 Å². The molecule has 7 heteroatoms. The van der Waals surface area contributed by atoms with Gasteiger partial charge >= 0.3 is 5.69 Å². The second-order valence-corrected chi connectivity index (χ2v) is 4.53. The van der Waals surface area contributed by atoms with Crippen LogP contribution < -0.4 is 11.1 Å². The van der Waals surface area contributed by atoms with Crippen molar-refractivity contribution in [2.24, 2.45) is 5.92 Å². The average Bonchev–Trinajstić information content (AvgIpc) is 2.25. The Labute approximate surface area is 105 Å². The van der Waals surface area contributed by atoms with Gasteiger partial charge < -0.3 is 16.2 Å². The molecule has 18 heavy (non-hydrogen) atoms. The lowest BCUT2D eigenvalue weighted by molar-refractivity contribution is -0.384. The van der Waals surface area contributed by atoms with Gasteiger partial charge in [0.15, 0.2) is 0 Å². The van der Waals surface area contributed by atoms with Crippen LogP contribution in [0.4, 0.5) is 17.3 Å². The Bertz CT molecular complexity index is 423. The molecule has 0 amide bonds. The highest BCUT2D eigenvalue weighted by molar-refractivity contribution is 5.59. The first-order chi connectivity index (χ1) is 8.40. The molecular weight excluding hydrogens is 236 g/mol. The fourth-order valence-corrected chi connectivity index (χ4v) is 1.59. The van der Waals surface area contributed by atoms with E-state index in [1.54, 1.807) is 0 Å². The standard InChI is InChI=1S/C11H18N4O3/c1-7(2)5-8(16)6-13-11-9(15(17)18)3-4-10(12)14-11/h3-4,7-8,16H,5-6H2,1-2H3,(H3,12,13,14). The van der Waals surface area contributed by atoms with Crippen LogP contribution in [0.2, 0.25) is 0 Å². The van der Waals surface area contributed by atoms with Crippen LogP contribution >= 0.6 is 0 Å². The van der Waals surface area contributed by atoms with Crippen LogP contribution in [0.25, 0.3) is 0 Å². The van der Waals surface area contributed by atoms with Crippen LogP contribution in [-0.2, 0) is 0 Å². The van der Waals surface area contributed by atoms with E-state index >= 15 is 0 Å². The van der Waals surface area contributed by atoms with Crippen molar-refractivity contribution in [3.8, 4) is 0 Å². The summed E-state index contributed by atoms with van der Waals surface area (Å²) in [4.78, 5) is 14.1. The van der Waals surface area contributed by atoms with Gasteiger partial charge in [-0.2, -0.15) is 0 Å². The van der Waals surface area contributed by atoms with E-state index < -0.39 is 11.0 Å². The SMILES string of the molecule is CC(C)CC(O)CNc1nc(N)ccc1[N+](=O)[O-]. The van der Waals surface area contributed by atoms with Crippen molar-refractivity contribution in [1.82, 2.24) is 4.98 Å². The van der Waals surface area contributed by atoms with Crippen LogP contribution in [0.15, 0.2) is 12.1 Å². The Morgan fingerprint density at radius 1 is 1.56 bits per heavy atom. The Balaban J connectivity index is 2.71. The Morgan fingerprint density at radius 2 is 2.22 bits per heavy atom. The topological polar surface area (TPSA) is 114 Å². The van der Waals surface area contributed by atoms with Crippen molar-refractivity contribution < 1.29 is 10.0 Å². The number of hydrogen-bond acceptors (Lipinski definition) is 6. The van der Waals surface area contributed by atoms with Gasteiger partial charge in [-0.15, -0.1) is 0 Å². The molecule has 0 fully saturated rings. The van der Waals surface area contributed by atoms with Crippen molar-refractivity contribution in [3.05, 3.63) is 22.2 Å². The maximum Gasteiger partial charge on any atom is 0.311 e. The molecule has 0 aliphatic rings. The molecule has 0 spiro atoms. The number of aliphatic hydroxyl groups is 1. The maximum atomic E-state index is 10.8. The third kappa shape index (κ3) is 4.17. The number of nitrogen functional groups attached to an aromatic ring is 1. The Morgan fingerprint density at radius 3 is 2.78 bits per heavy atom. The summed E-state index contributed by atoms with van der Waals surface area (Å²) in [6.45, 7) is 4.18. The predicted octanol–water partition coefficient (Wildman–Crippen LogP) is 1.39. The van der Waals surface area contributed by atoms with Crippen molar-refractivity contribution in [3.63, 3.8) is 0 Å². The molecular formula is C11H18N4O3. The molecule has 0 saturated heterocycles. The number of aliphatic hydroxyl groups excluding tert-OH is 1. The zero-order chi connectivity index (χ0) is 13.7. The van der Waals surface area contributed by atoms with Gasteiger partial charge in [-0.1, -0.05) is 13.8 Å². The molecule has 1 rings (SSSR count). The van der Waals surface area contributed by atoms with Crippen LogP contribution in [0, 0.1) is 16.0 Å². The number of nitrogens with zero attached hydrogens (tertiary/aromatic N) is 2. The van der Waals surface area contributed by atoms with E-state index in [1.165, 1.54) is 12.1 Å². The van der Waals surface area contributed by atoms with Gasteiger partial charge in [0.1, 0.15) is 5.82 Å². The van der Waals surface area contributed by atoms with Gasteiger partial charge in [-0.3, -0.25) is 10.1 Å². The first-order valence-corrected chi connectivity index (χ1v) is 5.73. The normalized spacial score (nSPS) is 12.4. The summed E-state index contributed by atoms with van der Waals surface area (Å²) in [7, 11) is 0. The second kappa shape index (κ2) is 6.15. The molecule has 1 aromatic heterocycles. The minimum absolute atomic E-state index is 0.0859. The predicted molar refractivity (Wildman–Crippen MR) is 69.3 cm³/mol. The van der Waals surface area contributed by atoms with Crippen molar-refractivity contribution >= 4 is 17.3 Å². The van der Waals surface area contributed by atoms with E-state index in [4.69, 9.17) is 5.73 Å². The van der Waals surface area contributed by atoms with Crippen LogP contribution in [0.5, 0.6) is 0 Å². The molecule has 0 aromatic carbocycles. The molecule has 4 N–H and O–H groups in total. The first-order valence-electron chi connectivity index (χ1n) is 5.73.